The lowest BCUT2D eigenvalue weighted by Gasteiger charge is -1.90. The molecule has 0 aliphatic rings. The van der Waals surface area contributed by atoms with Crippen LogP contribution in [-0.2, 0) is 4.94 Å². The van der Waals surface area contributed by atoms with E-state index in [2.05, 4.69) is 25.9 Å². The van der Waals surface area contributed by atoms with Gasteiger partial charge in [-0.3, -0.25) is 0 Å². The average Bonchev–Trinajstić information content (AvgIpc) is 2.56. The zero-order valence-electron chi connectivity index (χ0n) is 6.88. The summed E-state index contributed by atoms with van der Waals surface area (Å²) in [6.07, 6.45) is 0. The number of hydrogen-bond acceptors (Lipinski definition) is 2. The highest BCUT2D eigenvalue weighted by atomic mass is 79.9. The van der Waals surface area contributed by atoms with Gasteiger partial charge in [-0.2, -0.15) is 0 Å². The molecule has 0 radical (unpaired) electrons. The standard InChI is InChI=1S/C9H5BrFNO2/c10-7-5-3-1-2-4-6(5)12-8(7)9(13)14-11/h1-4,12H. The Morgan fingerprint density at radius 3 is 2.79 bits per heavy atom. The average molecular weight is 258 g/mol. The zero-order chi connectivity index (χ0) is 10.1. The summed E-state index contributed by atoms with van der Waals surface area (Å²) in [5.74, 6) is -1.03. The molecule has 1 aromatic heterocycles. The molecule has 5 heteroatoms. The number of H-pyrrole nitrogens is 1. The molecule has 0 amide bonds. The second-order valence-electron chi connectivity index (χ2n) is 2.72. The maximum atomic E-state index is 11.7. The Balaban J connectivity index is 2.68. The monoisotopic (exact) mass is 257 g/mol. The second kappa shape index (κ2) is 3.42. The Bertz CT molecular complexity index is 495. The predicted molar refractivity (Wildman–Crippen MR) is 52.5 cm³/mol. The summed E-state index contributed by atoms with van der Waals surface area (Å²) in [4.78, 5) is 16.8. The summed E-state index contributed by atoms with van der Waals surface area (Å²) in [5.41, 5.74) is 0.827. The molecule has 2 aromatic rings. The number of hydrogen-bond donors (Lipinski definition) is 1. The topological polar surface area (TPSA) is 42.1 Å². The zero-order valence-corrected chi connectivity index (χ0v) is 8.47. The Labute approximate surface area is 86.9 Å². The van der Waals surface area contributed by atoms with Crippen molar-refractivity contribution in [1.29, 1.82) is 0 Å². The number of nitrogens with one attached hydrogen (secondary N) is 1. The van der Waals surface area contributed by atoms with Gasteiger partial charge in [0.2, 0.25) is 0 Å². The van der Waals surface area contributed by atoms with Crippen LogP contribution in [0.15, 0.2) is 28.7 Å². The third kappa shape index (κ3) is 1.29. The molecule has 0 saturated heterocycles. The summed E-state index contributed by atoms with van der Waals surface area (Å²) in [7, 11) is 0. The van der Waals surface area contributed by atoms with Crippen LogP contribution in [0, 0.1) is 0 Å². The third-order valence-corrected chi connectivity index (χ3v) is 2.74. The van der Waals surface area contributed by atoms with Crippen LogP contribution in [0.25, 0.3) is 10.9 Å². The first-order chi connectivity index (χ1) is 6.74. The molecule has 72 valence electrons. The number of carbonyl (C=O) groups excluding carboxylic acids is 1. The number of carbonyl (C=O) groups is 1. The number of aromatic amines is 1. The van der Waals surface area contributed by atoms with Gasteiger partial charge in [-0.25, -0.2) is 9.74 Å². The highest BCUT2D eigenvalue weighted by molar-refractivity contribution is 9.10. The third-order valence-electron chi connectivity index (χ3n) is 1.92. The fourth-order valence-corrected chi connectivity index (χ4v) is 1.89. The predicted octanol–water partition coefficient (Wildman–Crippen LogP) is 2.97. The van der Waals surface area contributed by atoms with E-state index in [0.717, 1.165) is 10.9 Å². The quantitative estimate of drug-likeness (QED) is 0.854. The van der Waals surface area contributed by atoms with Crippen LogP contribution in [0.3, 0.4) is 0 Å². The molecule has 0 atom stereocenters. The van der Waals surface area contributed by atoms with Crippen molar-refractivity contribution in [2.24, 2.45) is 0 Å². The van der Waals surface area contributed by atoms with Crippen molar-refractivity contribution in [2.75, 3.05) is 0 Å². The maximum absolute atomic E-state index is 11.7. The normalized spacial score (nSPS) is 10.4. The van der Waals surface area contributed by atoms with Crippen molar-refractivity contribution in [2.45, 2.75) is 0 Å². The van der Waals surface area contributed by atoms with Crippen molar-refractivity contribution in [3.8, 4) is 0 Å². The molecule has 0 spiro atoms. The minimum Gasteiger partial charge on any atom is -0.348 e. The molecule has 0 aliphatic carbocycles. The van der Waals surface area contributed by atoms with E-state index < -0.39 is 5.97 Å². The smallest absolute Gasteiger partial charge is 0.348 e. The molecule has 1 heterocycles. The summed E-state index contributed by atoms with van der Waals surface area (Å²) in [5, 5.41) is 0.813. The van der Waals surface area contributed by atoms with Crippen molar-refractivity contribution >= 4 is 32.8 Å². The van der Waals surface area contributed by atoms with Crippen LogP contribution >= 0.6 is 15.9 Å². The first-order valence-corrected chi connectivity index (χ1v) is 4.62. The van der Waals surface area contributed by atoms with E-state index in [4.69, 9.17) is 0 Å². The molecule has 0 saturated carbocycles. The van der Waals surface area contributed by atoms with E-state index in [1.165, 1.54) is 0 Å². The van der Waals surface area contributed by atoms with E-state index in [1.807, 2.05) is 18.2 Å². The SMILES string of the molecule is O=C(OF)c1[nH]c2ccccc2c1Br. The lowest BCUT2D eigenvalue weighted by atomic mass is 10.2. The minimum atomic E-state index is -1.03. The Morgan fingerprint density at radius 2 is 2.14 bits per heavy atom. The van der Waals surface area contributed by atoms with Gasteiger partial charge in [0.15, 0.2) is 0 Å². The number of benzene rings is 1. The van der Waals surface area contributed by atoms with Crippen LogP contribution < -0.4 is 0 Å². The fourth-order valence-electron chi connectivity index (χ4n) is 1.29. The molecule has 0 fully saturated rings. The van der Waals surface area contributed by atoms with Gasteiger partial charge in [0, 0.05) is 15.4 Å². The van der Waals surface area contributed by atoms with Crippen LogP contribution in [0.4, 0.5) is 4.53 Å². The fraction of sp³-hybridized carbons (Fsp3) is 0. The van der Waals surface area contributed by atoms with Gasteiger partial charge < -0.3 is 4.98 Å². The van der Waals surface area contributed by atoms with Gasteiger partial charge in [0.25, 0.3) is 0 Å². The van der Waals surface area contributed by atoms with Gasteiger partial charge in [-0.05, 0) is 22.0 Å². The largest absolute Gasteiger partial charge is 0.396 e. The first kappa shape index (κ1) is 9.21. The van der Waals surface area contributed by atoms with Crippen molar-refractivity contribution in [3.63, 3.8) is 0 Å². The molecular formula is C9H5BrFNO2. The molecule has 3 nitrogen and oxygen atoms in total. The molecule has 1 N–H and O–H groups in total. The van der Waals surface area contributed by atoms with Gasteiger partial charge in [-0.1, -0.05) is 18.2 Å². The number of fused-ring (bicyclic) bond motifs is 1. The number of para-hydroxylation sites is 1. The summed E-state index contributed by atoms with van der Waals surface area (Å²) in [6.45, 7) is 0. The molecule has 2 rings (SSSR count). The van der Waals surface area contributed by atoms with E-state index in [1.54, 1.807) is 6.07 Å². The molecular weight excluding hydrogens is 253 g/mol. The van der Waals surface area contributed by atoms with Crippen LogP contribution in [0.1, 0.15) is 10.5 Å². The van der Waals surface area contributed by atoms with Gasteiger partial charge in [0.05, 0.1) is 4.47 Å². The highest BCUT2D eigenvalue weighted by Crippen LogP contribution is 2.27. The van der Waals surface area contributed by atoms with Crippen LogP contribution in [0.2, 0.25) is 0 Å². The summed E-state index contributed by atoms with van der Waals surface area (Å²) in [6, 6.07) is 7.24. The maximum Gasteiger partial charge on any atom is 0.396 e. The highest BCUT2D eigenvalue weighted by Gasteiger charge is 2.17. The van der Waals surface area contributed by atoms with E-state index in [9.17, 15) is 9.32 Å². The lowest BCUT2D eigenvalue weighted by Crippen LogP contribution is -1.99. The van der Waals surface area contributed by atoms with E-state index in [-0.39, 0.29) is 5.69 Å². The minimum absolute atomic E-state index is 0.0775. The second-order valence-corrected chi connectivity index (χ2v) is 3.52. The molecule has 0 unspecified atom stereocenters. The first-order valence-electron chi connectivity index (χ1n) is 3.83. The lowest BCUT2D eigenvalue weighted by molar-refractivity contribution is -0.0793. The molecule has 14 heavy (non-hydrogen) atoms. The van der Waals surface area contributed by atoms with Crippen molar-refractivity contribution in [1.82, 2.24) is 4.98 Å². The van der Waals surface area contributed by atoms with E-state index >= 15 is 0 Å². The van der Waals surface area contributed by atoms with Gasteiger partial charge in [-0.15, -0.1) is 0 Å². The Morgan fingerprint density at radius 1 is 1.43 bits per heavy atom. The Kier molecular flexibility index (Phi) is 2.25. The van der Waals surface area contributed by atoms with Gasteiger partial charge >= 0.3 is 5.97 Å². The van der Waals surface area contributed by atoms with Crippen LogP contribution in [-0.4, -0.2) is 11.0 Å². The number of aromatic nitrogens is 1. The Hall–Kier alpha value is -1.36. The molecule has 0 aliphatic heterocycles. The number of halogens is 2. The number of rotatable bonds is 1. The van der Waals surface area contributed by atoms with Crippen LogP contribution in [0.5, 0.6) is 0 Å². The van der Waals surface area contributed by atoms with Crippen molar-refractivity contribution in [3.05, 3.63) is 34.4 Å². The van der Waals surface area contributed by atoms with E-state index in [0.29, 0.717) is 4.47 Å². The van der Waals surface area contributed by atoms with Crippen molar-refractivity contribution < 1.29 is 14.3 Å². The summed E-state index contributed by atoms with van der Waals surface area (Å²) >= 11 is 3.19. The molecule has 1 aromatic carbocycles. The van der Waals surface area contributed by atoms with Gasteiger partial charge in [0.1, 0.15) is 5.69 Å². The summed E-state index contributed by atoms with van der Waals surface area (Å²) < 4.78 is 12.2. The molecule has 0 bridgehead atoms.